The highest BCUT2D eigenvalue weighted by molar-refractivity contribution is 5.91. The van der Waals surface area contributed by atoms with Gasteiger partial charge in [0.25, 0.3) is 0 Å². The molecule has 1 aromatic heterocycles. The summed E-state index contributed by atoms with van der Waals surface area (Å²) in [5, 5.41) is 0. The molecule has 24 heavy (non-hydrogen) atoms. The van der Waals surface area contributed by atoms with E-state index in [-0.39, 0.29) is 5.91 Å². The summed E-state index contributed by atoms with van der Waals surface area (Å²) in [6.45, 7) is 4.96. The Kier molecular flexibility index (Phi) is 4.74. The lowest BCUT2D eigenvalue weighted by Crippen LogP contribution is -2.41. The molecule has 1 aliphatic rings. The number of anilines is 1. The fourth-order valence-electron chi connectivity index (χ4n) is 3.23. The Bertz CT molecular complexity index is 761. The largest absolute Gasteiger partial charge is 0.457 e. The molecular formula is C20H24N2O2. The van der Waals surface area contributed by atoms with E-state index in [2.05, 4.69) is 6.92 Å². The zero-order valence-corrected chi connectivity index (χ0v) is 14.3. The Morgan fingerprint density at radius 2 is 2.12 bits per heavy atom. The third-order valence-corrected chi connectivity index (χ3v) is 4.62. The molecule has 2 N–H and O–H groups in total. The van der Waals surface area contributed by atoms with Crippen LogP contribution in [0.3, 0.4) is 0 Å². The van der Waals surface area contributed by atoms with E-state index in [1.807, 2.05) is 42.2 Å². The second-order valence-electron chi connectivity index (χ2n) is 6.49. The number of aryl methyl sites for hydroxylation is 1. The maximum Gasteiger partial charge on any atom is 0.246 e. The molecule has 2 aromatic rings. The summed E-state index contributed by atoms with van der Waals surface area (Å²) in [6.07, 6.45) is 6.74. The number of carbonyl (C=O) groups excluding carboxylic acids is 1. The lowest BCUT2D eigenvalue weighted by atomic mass is 10.0. The second-order valence-corrected chi connectivity index (χ2v) is 6.49. The highest BCUT2D eigenvalue weighted by atomic mass is 16.3. The number of nitrogens with zero attached hydrogens (tertiary/aromatic N) is 1. The van der Waals surface area contributed by atoms with Crippen molar-refractivity contribution in [3.8, 4) is 11.3 Å². The first-order valence-electron chi connectivity index (χ1n) is 8.49. The van der Waals surface area contributed by atoms with Gasteiger partial charge in [0, 0.05) is 29.9 Å². The highest BCUT2D eigenvalue weighted by Crippen LogP contribution is 2.27. The Hall–Kier alpha value is -2.49. The number of hydrogen-bond donors (Lipinski definition) is 1. The predicted molar refractivity (Wildman–Crippen MR) is 97.4 cm³/mol. The van der Waals surface area contributed by atoms with Crippen molar-refractivity contribution in [3.05, 3.63) is 47.7 Å². The Labute approximate surface area is 142 Å². The van der Waals surface area contributed by atoms with Crippen molar-refractivity contribution in [3.63, 3.8) is 0 Å². The van der Waals surface area contributed by atoms with Gasteiger partial charge in [-0.05, 0) is 75.1 Å². The van der Waals surface area contributed by atoms with Crippen molar-refractivity contribution in [1.82, 2.24) is 4.90 Å². The molecule has 0 bridgehead atoms. The number of carbonyl (C=O) groups is 1. The smallest absolute Gasteiger partial charge is 0.246 e. The molecule has 1 aromatic carbocycles. The van der Waals surface area contributed by atoms with E-state index in [1.54, 1.807) is 12.2 Å². The maximum absolute atomic E-state index is 12.3. The minimum Gasteiger partial charge on any atom is -0.457 e. The van der Waals surface area contributed by atoms with Crippen LogP contribution in [0.5, 0.6) is 0 Å². The molecule has 0 saturated carbocycles. The molecule has 1 saturated heterocycles. The SMILES string of the molecule is Cc1cc(N)ccc1-c1ccc(/C=C/C(=O)N2CCCCC2C)o1. The predicted octanol–water partition coefficient (Wildman–Crippen LogP) is 4.25. The standard InChI is InChI=1S/C20H24N2O2/c1-14-13-16(21)6-9-18(14)19-10-7-17(24-19)8-11-20(23)22-12-4-3-5-15(22)2/h6-11,13,15H,3-5,12,21H2,1-2H3/b11-8+. The molecule has 1 amide bonds. The average molecular weight is 324 g/mol. The maximum atomic E-state index is 12.3. The number of likely N-dealkylation sites (tertiary alicyclic amines) is 1. The van der Waals surface area contributed by atoms with E-state index in [9.17, 15) is 4.79 Å². The van der Waals surface area contributed by atoms with Crippen molar-refractivity contribution in [2.75, 3.05) is 12.3 Å². The van der Waals surface area contributed by atoms with Gasteiger partial charge in [-0.1, -0.05) is 0 Å². The molecule has 1 atom stereocenters. The zero-order chi connectivity index (χ0) is 17.1. The number of benzene rings is 1. The molecule has 0 aliphatic carbocycles. The topological polar surface area (TPSA) is 59.5 Å². The summed E-state index contributed by atoms with van der Waals surface area (Å²) in [6, 6.07) is 9.87. The lowest BCUT2D eigenvalue weighted by Gasteiger charge is -2.32. The second kappa shape index (κ2) is 6.95. The van der Waals surface area contributed by atoms with Gasteiger partial charge in [0.05, 0.1) is 0 Å². The molecule has 4 heteroatoms. The average Bonchev–Trinajstić information content (AvgIpc) is 3.01. The van der Waals surface area contributed by atoms with Crippen molar-refractivity contribution < 1.29 is 9.21 Å². The van der Waals surface area contributed by atoms with Crippen LogP contribution in [0.2, 0.25) is 0 Å². The van der Waals surface area contributed by atoms with E-state index in [1.165, 1.54) is 6.42 Å². The van der Waals surface area contributed by atoms with Crippen LogP contribution >= 0.6 is 0 Å². The molecule has 1 aliphatic heterocycles. The molecule has 4 nitrogen and oxygen atoms in total. The van der Waals surface area contributed by atoms with E-state index in [4.69, 9.17) is 10.2 Å². The first-order valence-corrected chi connectivity index (χ1v) is 8.49. The quantitative estimate of drug-likeness (QED) is 0.678. The Balaban J connectivity index is 1.72. The highest BCUT2D eigenvalue weighted by Gasteiger charge is 2.21. The minimum atomic E-state index is 0.0591. The van der Waals surface area contributed by atoms with Crippen LogP contribution in [-0.2, 0) is 4.79 Å². The van der Waals surface area contributed by atoms with Gasteiger partial charge in [-0.2, -0.15) is 0 Å². The number of hydrogen-bond acceptors (Lipinski definition) is 3. The third-order valence-electron chi connectivity index (χ3n) is 4.62. The van der Waals surface area contributed by atoms with Crippen LogP contribution < -0.4 is 5.73 Å². The summed E-state index contributed by atoms with van der Waals surface area (Å²) in [7, 11) is 0. The molecule has 0 radical (unpaired) electrons. The molecule has 0 spiro atoms. The van der Waals surface area contributed by atoms with Crippen LogP contribution in [0.4, 0.5) is 5.69 Å². The first kappa shape index (κ1) is 16.4. The first-order chi connectivity index (χ1) is 11.5. The zero-order valence-electron chi connectivity index (χ0n) is 14.3. The van der Waals surface area contributed by atoms with E-state index in [0.29, 0.717) is 11.8 Å². The van der Waals surface area contributed by atoms with Gasteiger partial charge in [0.15, 0.2) is 0 Å². The van der Waals surface area contributed by atoms with Crippen LogP contribution in [0.1, 0.15) is 37.5 Å². The summed E-state index contributed by atoms with van der Waals surface area (Å²) in [5.41, 5.74) is 8.61. The van der Waals surface area contributed by atoms with Gasteiger partial charge < -0.3 is 15.1 Å². The van der Waals surface area contributed by atoms with Crippen LogP contribution in [0, 0.1) is 6.92 Å². The molecule has 3 rings (SSSR count). The number of piperidine rings is 1. The van der Waals surface area contributed by atoms with Gasteiger partial charge in [-0.25, -0.2) is 0 Å². The molecule has 126 valence electrons. The van der Waals surface area contributed by atoms with Crippen LogP contribution in [-0.4, -0.2) is 23.4 Å². The van der Waals surface area contributed by atoms with Crippen LogP contribution in [0.15, 0.2) is 40.8 Å². The van der Waals surface area contributed by atoms with Crippen molar-refractivity contribution >= 4 is 17.7 Å². The fraction of sp³-hybridized carbons (Fsp3) is 0.350. The van der Waals surface area contributed by atoms with Gasteiger partial charge in [-0.3, -0.25) is 4.79 Å². The van der Waals surface area contributed by atoms with Crippen molar-refractivity contribution in [2.24, 2.45) is 0 Å². The lowest BCUT2D eigenvalue weighted by molar-refractivity contribution is -0.129. The van der Waals surface area contributed by atoms with Gasteiger partial charge >= 0.3 is 0 Å². The van der Waals surface area contributed by atoms with Crippen LogP contribution in [0.25, 0.3) is 17.4 Å². The normalized spacial score (nSPS) is 18.2. The van der Waals surface area contributed by atoms with E-state index < -0.39 is 0 Å². The fourth-order valence-corrected chi connectivity index (χ4v) is 3.23. The van der Waals surface area contributed by atoms with Gasteiger partial charge in [-0.15, -0.1) is 0 Å². The molecular weight excluding hydrogens is 300 g/mol. The number of furan rings is 1. The summed E-state index contributed by atoms with van der Waals surface area (Å²) in [5.74, 6) is 1.52. The molecule has 1 fully saturated rings. The summed E-state index contributed by atoms with van der Waals surface area (Å²) >= 11 is 0. The Morgan fingerprint density at radius 1 is 1.29 bits per heavy atom. The number of amides is 1. The number of rotatable bonds is 3. The van der Waals surface area contributed by atoms with Crippen molar-refractivity contribution in [1.29, 1.82) is 0 Å². The summed E-state index contributed by atoms with van der Waals surface area (Å²) < 4.78 is 5.86. The van der Waals surface area contributed by atoms with Gasteiger partial charge in [0.2, 0.25) is 5.91 Å². The van der Waals surface area contributed by atoms with E-state index in [0.717, 1.165) is 42.0 Å². The van der Waals surface area contributed by atoms with Crippen molar-refractivity contribution in [2.45, 2.75) is 39.2 Å². The van der Waals surface area contributed by atoms with Gasteiger partial charge in [0.1, 0.15) is 11.5 Å². The minimum absolute atomic E-state index is 0.0591. The third kappa shape index (κ3) is 3.53. The van der Waals surface area contributed by atoms with E-state index >= 15 is 0 Å². The Morgan fingerprint density at radius 3 is 2.88 bits per heavy atom. The number of nitrogen functional groups attached to an aromatic ring is 1. The molecule has 1 unspecified atom stereocenters. The number of nitrogens with two attached hydrogens (primary N) is 1. The summed E-state index contributed by atoms with van der Waals surface area (Å²) in [4.78, 5) is 14.3. The monoisotopic (exact) mass is 324 g/mol. The molecule has 2 heterocycles.